The van der Waals surface area contributed by atoms with Gasteiger partial charge in [0.15, 0.2) is 0 Å². The van der Waals surface area contributed by atoms with Crippen molar-refractivity contribution in [3.05, 3.63) is 133 Å². The predicted molar refractivity (Wildman–Crippen MR) is 172 cm³/mol. The van der Waals surface area contributed by atoms with E-state index in [-0.39, 0.29) is 0 Å². The Labute approximate surface area is 234 Å². The number of hydrogen-bond acceptors (Lipinski definition) is 2. The first-order valence-electron chi connectivity index (χ1n) is 13.6. The molecule has 186 valence electrons. The average molecular weight is 527 g/mol. The topological polar surface area (TPSA) is 13.1 Å². The third kappa shape index (κ3) is 3.03. The number of furan rings is 1. The lowest BCUT2D eigenvalue weighted by Crippen LogP contribution is -1.90. The van der Waals surface area contributed by atoms with Gasteiger partial charge < -0.3 is 4.42 Å². The number of fused-ring (bicyclic) bond motifs is 9. The van der Waals surface area contributed by atoms with Crippen LogP contribution in [0.4, 0.5) is 0 Å². The van der Waals surface area contributed by atoms with Gasteiger partial charge in [0.1, 0.15) is 11.2 Å². The molecule has 2 heteroatoms. The lowest BCUT2D eigenvalue weighted by Gasteiger charge is -2.17. The fourth-order valence-electron chi connectivity index (χ4n) is 6.59. The number of rotatable bonds is 2. The maximum Gasteiger partial charge on any atom is 0.136 e. The first kappa shape index (κ1) is 22.0. The minimum absolute atomic E-state index is 0.942. The van der Waals surface area contributed by atoms with Crippen LogP contribution in [-0.2, 0) is 0 Å². The van der Waals surface area contributed by atoms with Crippen molar-refractivity contribution in [2.45, 2.75) is 0 Å². The Morgan fingerprint density at radius 2 is 0.975 bits per heavy atom. The molecule has 9 aromatic rings. The van der Waals surface area contributed by atoms with Crippen molar-refractivity contribution in [2.24, 2.45) is 0 Å². The van der Waals surface area contributed by atoms with Crippen LogP contribution in [0.5, 0.6) is 0 Å². The quantitative estimate of drug-likeness (QED) is 0.204. The van der Waals surface area contributed by atoms with E-state index in [2.05, 4.69) is 127 Å². The summed E-state index contributed by atoms with van der Waals surface area (Å²) in [5.41, 5.74) is 6.98. The smallest absolute Gasteiger partial charge is 0.136 e. The number of benzene rings is 7. The van der Waals surface area contributed by atoms with Crippen LogP contribution in [0.2, 0.25) is 0 Å². The molecule has 1 nitrogen and oxygen atoms in total. The predicted octanol–water partition coefficient (Wildman–Crippen LogP) is 11.6. The summed E-state index contributed by atoms with van der Waals surface area (Å²) < 4.78 is 8.81. The summed E-state index contributed by atoms with van der Waals surface area (Å²) in [5.74, 6) is 0. The van der Waals surface area contributed by atoms with Crippen molar-refractivity contribution in [1.82, 2.24) is 0 Å². The fourth-order valence-corrected chi connectivity index (χ4v) is 7.75. The summed E-state index contributed by atoms with van der Waals surface area (Å²) in [7, 11) is 0. The van der Waals surface area contributed by atoms with E-state index < -0.39 is 0 Å². The largest absolute Gasteiger partial charge is 0.456 e. The van der Waals surface area contributed by atoms with E-state index in [1.54, 1.807) is 0 Å². The molecule has 0 saturated heterocycles. The second-order valence-corrected chi connectivity index (χ2v) is 11.5. The molecule has 0 radical (unpaired) electrons. The minimum atomic E-state index is 0.942. The Kier molecular flexibility index (Phi) is 4.55. The zero-order chi connectivity index (χ0) is 26.2. The first-order chi connectivity index (χ1) is 19.8. The average Bonchev–Trinajstić information content (AvgIpc) is 3.57. The standard InChI is InChI=1S/C38H22OS/c1-2-10-23(11-3-1)35-25-12-4-6-14-27(25)36(28-15-7-5-13-26(28)35)24-18-19-30-34(22-24)40-33-21-20-32-37(38(30)33)29-16-8-9-17-31(29)39-32/h1-22H. The van der Waals surface area contributed by atoms with E-state index in [0.29, 0.717) is 0 Å². The highest BCUT2D eigenvalue weighted by Crippen LogP contribution is 2.47. The maximum atomic E-state index is 6.22. The summed E-state index contributed by atoms with van der Waals surface area (Å²) in [4.78, 5) is 0. The van der Waals surface area contributed by atoms with E-state index >= 15 is 0 Å². The molecule has 0 atom stereocenters. The molecule has 7 aromatic carbocycles. The van der Waals surface area contributed by atoms with Crippen molar-refractivity contribution in [3.8, 4) is 22.3 Å². The van der Waals surface area contributed by atoms with Crippen LogP contribution in [0.3, 0.4) is 0 Å². The van der Waals surface area contributed by atoms with Crippen LogP contribution < -0.4 is 0 Å². The molecule has 0 spiro atoms. The van der Waals surface area contributed by atoms with E-state index in [9.17, 15) is 0 Å². The molecule has 0 unspecified atom stereocenters. The molecule has 0 fully saturated rings. The third-order valence-corrected chi connectivity index (χ3v) is 9.38. The lowest BCUT2D eigenvalue weighted by molar-refractivity contribution is 0.669. The molecule has 9 rings (SSSR count). The molecule has 2 aromatic heterocycles. The first-order valence-corrected chi connectivity index (χ1v) is 14.4. The zero-order valence-corrected chi connectivity index (χ0v) is 22.3. The molecule has 0 aliphatic carbocycles. The Bertz CT molecular complexity index is 2370. The highest BCUT2D eigenvalue weighted by molar-refractivity contribution is 7.26. The summed E-state index contributed by atoms with van der Waals surface area (Å²) >= 11 is 1.87. The van der Waals surface area contributed by atoms with Crippen molar-refractivity contribution in [1.29, 1.82) is 0 Å². The van der Waals surface area contributed by atoms with Crippen molar-refractivity contribution in [3.63, 3.8) is 0 Å². The molecule has 0 aliphatic heterocycles. The Hall–Kier alpha value is -4.92. The van der Waals surface area contributed by atoms with Gasteiger partial charge in [-0.15, -0.1) is 11.3 Å². The highest BCUT2D eigenvalue weighted by Gasteiger charge is 2.19. The van der Waals surface area contributed by atoms with Gasteiger partial charge in [0, 0.05) is 30.9 Å². The van der Waals surface area contributed by atoms with Gasteiger partial charge in [0.05, 0.1) is 0 Å². The fraction of sp³-hybridized carbons (Fsp3) is 0. The lowest BCUT2D eigenvalue weighted by atomic mass is 9.86. The number of hydrogen-bond donors (Lipinski definition) is 0. The minimum Gasteiger partial charge on any atom is -0.456 e. The summed E-state index contributed by atoms with van der Waals surface area (Å²) in [6.07, 6.45) is 0. The van der Waals surface area contributed by atoms with Gasteiger partial charge >= 0.3 is 0 Å². The van der Waals surface area contributed by atoms with Gasteiger partial charge in [-0.2, -0.15) is 0 Å². The monoisotopic (exact) mass is 526 g/mol. The maximum absolute atomic E-state index is 6.22. The van der Waals surface area contributed by atoms with Crippen LogP contribution in [0, 0.1) is 0 Å². The van der Waals surface area contributed by atoms with E-state index in [1.807, 2.05) is 17.4 Å². The zero-order valence-electron chi connectivity index (χ0n) is 21.5. The van der Waals surface area contributed by atoms with Crippen LogP contribution in [-0.4, -0.2) is 0 Å². The van der Waals surface area contributed by atoms with E-state index in [4.69, 9.17) is 4.42 Å². The summed E-state index contributed by atoms with van der Waals surface area (Å²) in [6, 6.07) is 48.2. The van der Waals surface area contributed by atoms with Crippen LogP contribution in [0.15, 0.2) is 138 Å². The Balaban J connectivity index is 1.37. The molecule has 0 bridgehead atoms. The molecular weight excluding hydrogens is 504 g/mol. The highest BCUT2D eigenvalue weighted by atomic mass is 32.1. The van der Waals surface area contributed by atoms with Crippen LogP contribution in [0.1, 0.15) is 0 Å². The van der Waals surface area contributed by atoms with Gasteiger partial charge in [-0.3, -0.25) is 0 Å². The molecule has 0 saturated carbocycles. The molecule has 2 heterocycles. The SMILES string of the molecule is c1ccc(-c2c3ccccc3c(-c3ccc4c(c3)sc3ccc5oc6ccccc6c5c34)c3ccccc23)cc1. The number of para-hydroxylation sites is 1. The molecular formula is C38H22OS. The summed E-state index contributed by atoms with van der Waals surface area (Å²) in [6.45, 7) is 0. The normalized spacial score (nSPS) is 12.0. The van der Waals surface area contributed by atoms with Crippen LogP contribution >= 0.6 is 11.3 Å². The second kappa shape index (κ2) is 8.29. The molecule has 40 heavy (non-hydrogen) atoms. The number of thiophene rings is 1. The van der Waals surface area contributed by atoms with Crippen molar-refractivity contribution in [2.75, 3.05) is 0 Å². The van der Waals surface area contributed by atoms with Gasteiger partial charge in [-0.25, -0.2) is 0 Å². The molecule has 0 amide bonds. The Morgan fingerprint density at radius 3 is 1.68 bits per heavy atom. The van der Waals surface area contributed by atoms with Gasteiger partial charge in [0.2, 0.25) is 0 Å². The van der Waals surface area contributed by atoms with Gasteiger partial charge in [0.25, 0.3) is 0 Å². The van der Waals surface area contributed by atoms with Crippen LogP contribution in [0.25, 0.3) is 85.9 Å². The second-order valence-electron chi connectivity index (χ2n) is 10.4. The van der Waals surface area contributed by atoms with Crippen molar-refractivity contribution >= 4 is 75.0 Å². The van der Waals surface area contributed by atoms with Crippen molar-refractivity contribution < 1.29 is 4.42 Å². The van der Waals surface area contributed by atoms with Gasteiger partial charge in [-0.05, 0) is 68.1 Å². The third-order valence-electron chi connectivity index (χ3n) is 8.26. The van der Waals surface area contributed by atoms with E-state index in [0.717, 1.165) is 11.2 Å². The summed E-state index contributed by atoms with van der Waals surface area (Å²) in [5, 5.41) is 10.1. The van der Waals surface area contributed by atoms with Gasteiger partial charge in [-0.1, -0.05) is 109 Å². The molecule has 0 N–H and O–H groups in total. The Morgan fingerprint density at radius 1 is 0.375 bits per heavy atom. The van der Waals surface area contributed by atoms with E-state index in [1.165, 1.54) is 74.7 Å². The molecule has 0 aliphatic rings.